The second-order valence-corrected chi connectivity index (χ2v) is 9.24. The Kier molecular flexibility index (Phi) is 6.87. The molecule has 0 aliphatic heterocycles. The highest BCUT2D eigenvalue weighted by atomic mass is 32.2. The number of carbonyl (C=O) groups excluding carboxylic acids is 1. The molecule has 3 aromatic rings. The first-order chi connectivity index (χ1) is 14.7. The largest absolute Gasteiger partial charge is 0.325 e. The fraction of sp³-hybridized carbons (Fsp3) is 0.208. The zero-order valence-corrected chi connectivity index (χ0v) is 18.5. The number of amides is 1. The molecular formula is C24H25FN2O3S. The molecule has 3 aromatic carbocycles. The van der Waals surface area contributed by atoms with Gasteiger partial charge in [-0.25, -0.2) is 12.8 Å². The normalized spacial score (nSPS) is 12.4. The monoisotopic (exact) mass is 440 g/mol. The lowest BCUT2D eigenvalue weighted by molar-refractivity contribution is -0.117. The summed E-state index contributed by atoms with van der Waals surface area (Å²) in [6.45, 7) is 5.37. The highest BCUT2D eigenvalue weighted by molar-refractivity contribution is 7.89. The summed E-state index contributed by atoms with van der Waals surface area (Å²) < 4.78 is 42.2. The Balaban J connectivity index is 1.92. The van der Waals surface area contributed by atoms with E-state index in [1.807, 2.05) is 37.3 Å². The molecule has 0 aliphatic rings. The summed E-state index contributed by atoms with van der Waals surface area (Å²) in [5.74, 6) is -0.952. The van der Waals surface area contributed by atoms with Crippen LogP contribution >= 0.6 is 0 Å². The van der Waals surface area contributed by atoms with E-state index in [1.54, 1.807) is 26.0 Å². The zero-order chi connectivity index (χ0) is 22.6. The van der Waals surface area contributed by atoms with Gasteiger partial charge < -0.3 is 5.32 Å². The smallest absolute Gasteiger partial charge is 0.242 e. The molecular weight excluding hydrogens is 415 g/mol. The molecule has 0 saturated carbocycles. The van der Waals surface area contributed by atoms with Gasteiger partial charge in [0.15, 0.2) is 0 Å². The van der Waals surface area contributed by atoms with Gasteiger partial charge in [0, 0.05) is 5.69 Å². The lowest BCUT2D eigenvalue weighted by atomic mass is 10.1. The average Bonchev–Trinajstić information content (AvgIpc) is 2.68. The topological polar surface area (TPSA) is 75.3 Å². The second-order valence-electron chi connectivity index (χ2n) is 7.59. The zero-order valence-electron chi connectivity index (χ0n) is 17.6. The maximum absolute atomic E-state index is 13.2. The van der Waals surface area contributed by atoms with E-state index in [9.17, 15) is 17.6 Å². The molecule has 0 saturated heterocycles. The number of anilines is 1. The number of benzene rings is 3. The van der Waals surface area contributed by atoms with Crippen molar-refractivity contribution in [2.45, 2.75) is 38.1 Å². The van der Waals surface area contributed by atoms with Gasteiger partial charge >= 0.3 is 0 Å². The fourth-order valence-corrected chi connectivity index (χ4v) is 5.29. The van der Waals surface area contributed by atoms with Crippen LogP contribution in [0.1, 0.15) is 22.3 Å². The third kappa shape index (κ3) is 5.77. The van der Waals surface area contributed by atoms with Crippen molar-refractivity contribution in [3.8, 4) is 0 Å². The average molecular weight is 441 g/mol. The molecule has 5 nitrogen and oxygen atoms in total. The van der Waals surface area contributed by atoms with Gasteiger partial charge in [0.25, 0.3) is 0 Å². The van der Waals surface area contributed by atoms with Crippen molar-refractivity contribution in [3.05, 3.63) is 94.8 Å². The van der Waals surface area contributed by atoms with E-state index in [4.69, 9.17) is 0 Å². The van der Waals surface area contributed by atoms with Gasteiger partial charge in [-0.2, -0.15) is 4.72 Å². The van der Waals surface area contributed by atoms with E-state index in [-0.39, 0.29) is 11.3 Å². The summed E-state index contributed by atoms with van der Waals surface area (Å²) in [4.78, 5) is 13.2. The van der Waals surface area contributed by atoms with Crippen molar-refractivity contribution in [1.82, 2.24) is 4.72 Å². The van der Waals surface area contributed by atoms with Crippen LogP contribution in [-0.4, -0.2) is 20.4 Å². The Morgan fingerprint density at radius 3 is 2.10 bits per heavy atom. The molecule has 31 heavy (non-hydrogen) atoms. The van der Waals surface area contributed by atoms with Gasteiger partial charge in [-0.1, -0.05) is 48.0 Å². The number of sulfonamides is 1. The quantitative estimate of drug-likeness (QED) is 0.576. The number of rotatable bonds is 7. The Labute approximate surface area is 182 Å². The molecule has 7 heteroatoms. The molecule has 0 aliphatic carbocycles. The van der Waals surface area contributed by atoms with Crippen LogP contribution < -0.4 is 10.0 Å². The molecule has 2 N–H and O–H groups in total. The van der Waals surface area contributed by atoms with Crippen LogP contribution in [0.15, 0.2) is 71.6 Å². The van der Waals surface area contributed by atoms with Crippen LogP contribution in [0.5, 0.6) is 0 Å². The van der Waals surface area contributed by atoms with E-state index in [1.165, 1.54) is 24.3 Å². The predicted octanol–water partition coefficient (Wildman–Crippen LogP) is 4.28. The molecule has 0 heterocycles. The SMILES string of the molecule is Cc1cc(C)c(S(=O)(=O)N[C@H](Cc2ccccc2)C(=O)Nc2ccc(F)cc2)c(C)c1. The molecule has 1 atom stereocenters. The molecule has 0 spiro atoms. The maximum Gasteiger partial charge on any atom is 0.242 e. The molecule has 0 fully saturated rings. The Morgan fingerprint density at radius 1 is 0.935 bits per heavy atom. The van der Waals surface area contributed by atoms with Crippen molar-refractivity contribution in [2.75, 3.05) is 5.32 Å². The third-order valence-electron chi connectivity index (χ3n) is 4.88. The molecule has 0 aromatic heterocycles. The van der Waals surface area contributed by atoms with Crippen LogP contribution in [0.3, 0.4) is 0 Å². The summed E-state index contributed by atoms with van der Waals surface area (Å²) in [5.41, 5.74) is 3.38. The highest BCUT2D eigenvalue weighted by Crippen LogP contribution is 2.22. The second kappa shape index (κ2) is 9.41. The van der Waals surface area contributed by atoms with Crippen molar-refractivity contribution in [2.24, 2.45) is 0 Å². The lowest BCUT2D eigenvalue weighted by Crippen LogP contribution is -2.45. The van der Waals surface area contributed by atoms with E-state index in [2.05, 4.69) is 10.0 Å². The Bertz CT molecular complexity index is 1150. The van der Waals surface area contributed by atoms with Gasteiger partial charge in [-0.05, 0) is 68.1 Å². The van der Waals surface area contributed by atoms with E-state index >= 15 is 0 Å². The number of carbonyl (C=O) groups is 1. The molecule has 0 bridgehead atoms. The van der Waals surface area contributed by atoms with Crippen LogP contribution in [0, 0.1) is 26.6 Å². The Morgan fingerprint density at radius 2 is 1.52 bits per heavy atom. The number of hydrogen-bond donors (Lipinski definition) is 2. The van der Waals surface area contributed by atoms with Crippen LogP contribution in [0.2, 0.25) is 0 Å². The molecule has 0 unspecified atom stereocenters. The first kappa shape index (κ1) is 22.7. The summed E-state index contributed by atoms with van der Waals surface area (Å²) in [7, 11) is -3.97. The number of halogens is 1. The van der Waals surface area contributed by atoms with Crippen molar-refractivity contribution < 1.29 is 17.6 Å². The molecule has 162 valence electrons. The molecule has 0 radical (unpaired) electrons. The van der Waals surface area contributed by atoms with Gasteiger partial charge in [0.05, 0.1) is 4.90 Å². The van der Waals surface area contributed by atoms with Gasteiger partial charge in [-0.3, -0.25) is 4.79 Å². The Hall–Kier alpha value is -3.03. The minimum atomic E-state index is -3.97. The van der Waals surface area contributed by atoms with Crippen molar-refractivity contribution >= 4 is 21.6 Å². The lowest BCUT2D eigenvalue weighted by Gasteiger charge is -2.20. The van der Waals surface area contributed by atoms with Crippen LogP contribution in [0.4, 0.5) is 10.1 Å². The first-order valence-electron chi connectivity index (χ1n) is 9.86. The number of hydrogen-bond acceptors (Lipinski definition) is 3. The summed E-state index contributed by atoms with van der Waals surface area (Å²) in [5, 5.41) is 2.67. The maximum atomic E-state index is 13.2. The van der Waals surface area contributed by atoms with Crippen molar-refractivity contribution in [3.63, 3.8) is 0 Å². The fourth-order valence-electron chi connectivity index (χ4n) is 3.64. The van der Waals surface area contributed by atoms with Gasteiger partial charge in [0.2, 0.25) is 15.9 Å². The minimum Gasteiger partial charge on any atom is -0.325 e. The standard InChI is InChI=1S/C24H25FN2O3S/c1-16-13-17(2)23(18(3)14-16)31(29,30)27-22(15-19-7-5-4-6-8-19)24(28)26-21-11-9-20(25)10-12-21/h4-14,22,27H,15H2,1-3H3,(H,26,28)/t22-/m1/s1. The van der Waals surface area contributed by atoms with Gasteiger partial charge in [0.1, 0.15) is 11.9 Å². The third-order valence-corrected chi connectivity index (χ3v) is 6.66. The first-order valence-corrected chi connectivity index (χ1v) is 11.3. The minimum absolute atomic E-state index is 0.164. The summed E-state index contributed by atoms with van der Waals surface area (Å²) >= 11 is 0. The van der Waals surface area contributed by atoms with E-state index in [0.29, 0.717) is 16.8 Å². The highest BCUT2D eigenvalue weighted by Gasteiger charge is 2.28. The van der Waals surface area contributed by atoms with Crippen LogP contribution in [0.25, 0.3) is 0 Å². The van der Waals surface area contributed by atoms with Gasteiger partial charge in [-0.15, -0.1) is 0 Å². The van der Waals surface area contributed by atoms with E-state index < -0.39 is 27.8 Å². The van der Waals surface area contributed by atoms with Crippen LogP contribution in [-0.2, 0) is 21.2 Å². The number of nitrogens with one attached hydrogen (secondary N) is 2. The van der Waals surface area contributed by atoms with Crippen molar-refractivity contribution in [1.29, 1.82) is 0 Å². The predicted molar refractivity (Wildman–Crippen MR) is 120 cm³/mol. The molecule has 3 rings (SSSR count). The summed E-state index contributed by atoms with van der Waals surface area (Å²) in [6.07, 6.45) is 0.164. The van der Waals surface area contributed by atoms with E-state index in [0.717, 1.165) is 11.1 Å². The number of aryl methyl sites for hydroxylation is 3. The summed E-state index contributed by atoms with van der Waals surface area (Å²) in [6, 6.07) is 17.0. The molecule has 1 amide bonds.